The Balaban J connectivity index is 2.15. The molecule has 0 radical (unpaired) electrons. The average molecular weight is 434 g/mol. The van der Waals surface area contributed by atoms with Crippen molar-refractivity contribution in [1.29, 1.82) is 0 Å². The highest BCUT2D eigenvalue weighted by atomic mass is 32.1. The van der Waals surface area contributed by atoms with Crippen LogP contribution in [-0.4, -0.2) is 34.1 Å². The van der Waals surface area contributed by atoms with Crippen molar-refractivity contribution >= 4 is 29.2 Å². The fourth-order valence-electron chi connectivity index (χ4n) is 3.54. The van der Waals surface area contributed by atoms with Gasteiger partial charge in [-0.3, -0.25) is 9.59 Å². The van der Waals surface area contributed by atoms with Crippen LogP contribution in [-0.2, 0) is 14.3 Å². The summed E-state index contributed by atoms with van der Waals surface area (Å²) in [6.07, 6.45) is 8.10. The molecule has 2 rings (SSSR count). The van der Waals surface area contributed by atoms with E-state index in [2.05, 4.69) is 18.0 Å². The van der Waals surface area contributed by atoms with Crippen LogP contribution in [0.3, 0.4) is 0 Å². The number of aryl methyl sites for hydroxylation is 1. The molecule has 0 bridgehead atoms. The van der Waals surface area contributed by atoms with E-state index in [1.807, 2.05) is 32.2 Å². The van der Waals surface area contributed by atoms with Crippen LogP contribution in [0.2, 0.25) is 0 Å². The predicted molar refractivity (Wildman–Crippen MR) is 121 cm³/mol. The zero-order valence-corrected chi connectivity index (χ0v) is 19.5. The second kappa shape index (κ2) is 12.2. The van der Waals surface area contributed by atoms with E-state index in [1.54, 1.807) is 11.3 Å². The Labute approximate surface area is 184 Å². The zero-order chi connectivity index (χ0) is 22.1. The second-order valence-electron chi connectivity index (χ2n) is 8.45. The number of thiazole rings is 1. The Morgan fingerprint density at radius 1 is 1.23 bits per heavy atom. The third kappa shape index (κ3) is 8.52. The molecule has 3 atom stereocenters. The number of ketones is 1. The summed E-state index contributed by atoms with van der Waals surface area (Å²) in [5.41, 5.74) is 3.10. The van der Waals surface area contributed by atoms with E-state index in [0.29, 0.717) is 19.3 Å². The number of aromatic nitrogens is 1. The maximum Gasteiger partial charge on any atom is 0.306 e. The fraction of sp³-hybridized carbons (Fsp3) is 0.625. The number of carbonyl (C=O) groups excluding carboxylic acids is 2. The smallest absolute Gasteiger partial charge is 0.306 e. The number of hydrogen-bond acceptors (Lipinski definition) is 6. The molecule has 1 aliphatic heterocycles. The number of Topliss-reactive ketones (excluding diaryl/α,β-unsaturated/α-hetero) is 1. The lowest BCUT2D eigenvalue weighted by Gasteiger charge is -2.19. The predicted octanol–water partition coefficient (Wildman–Crippen LogP) is 5.41. The van der Waals surface area contributed by atoms with E-state index in [-0.39, 0.29) is 36.6 Å². The molecule has 0 spiro atoms. The van der Waals surface area contributed by atoms with Crippen molar-refractivity contribution < 1.29 is 19.4 Å². The van der Waals surface area contributed by atoms with E-state index in [0.717, 1.165) is 35.5 Å². The van der Waals surface area contributed by atoms with Crippen molar-refractivity contribution in [3.8, 4) is 0 Å². The summed E-state index contributed by atoms with van der Waals surface area (Å²) in [6, 6.07) is 0. The number of nitrogens with zero attached hydrogens (tertiary/aromatic N) is 1. The summed E-state index contributed by atoms with van der Waals surface area (Å²) in [6.45, 7) is 7.86. The van der Waals surface area contributed by atoms with E-state index in [1.165, 1.54) is 5.57 Å². The Morgan fingerprint density at radius 2 is 2.00 bits per heavy atom. The number of rotatable bonds is 2. The minimum Gasteiger partial charge on any atom is -0.457 e. The standard InChI is InChI=1S/C24H35NO4S/c1-16-7-5-6-8-21(26)14-22(27)17(2)10-12-24(28)29-23(11-9-16)18(3)13-20-15-30-19(4)25-20/h9,13,15,17,21,23,26H,5-8,10-12,14H2,1-4H3/b16-9-,18-13+/t17-,21-,23-/m0/s1. The van der Waals surface area contributed by atoms with E-state index in [4.69, 9.17) is 4.74 Å². The molecule has 1 aromatic rings. The van der Waals surface area contributed by atoms with Gasteiger partial charge < -0.3 is 9.84 Å². The minimum absolute atomic E-state index is 0.0185. The molecule has 0 unspecified atom stereocenters. The normalized spacial score (nSPS) is 28.0. The summed E-state index contributed by atoms with van der Waals surface area (Å²) in [5, 5.41) is 13.1. The van der Waals surface area contributed by atoms with Crippen LogP contribution in [0, 0.1) is 12.8 Å². The largest absolute Gasteiger partial charge is 0.457 e. The molecule has 30 heavy (non-hydrogen) atoms. The first-order valence-electron chi connectivity index (χ1n) is 10.9. The molecule has 2 heterocycles. The number of carbonyl (C=O) groups is 2. The summed E-state index contributed by atoms with van der Waals surface area (Å²) in [7, 11) is 0. The highest BCUT2D eigenvalue weighted by molar-refractivity contribution is 7.09. The number of aliphatic hydroxyl groups excluding tert-OH is 1. The number of aliphatic hydroxyl groups is 1. The fourth-order valence-corrected chi connectivity index (χ4v) is 4.11. The van der Waals surface area contributed by atoms with Crippen LogP contribution in [0.1, 0.15) is 82.8 Å². The molecule has 1 N–H and O–H groups in total. The topological polar surface area (TPSA) is 76.5 Å². The maximum atomic E-state index is 12.5. The van der Waals surface area contributed by atoms with Gasteiger partial charge in [0.25, 0.3) is 0 Å². The van der Waals surface area contributed by atoms with Crippen LogP contribution in [0.15, 0.2) is 22.6 Å². The van der Waals surface area contributed by atoms with Gasteiger partial charge in [0.05, 0.1) is 16.8 Å². The number of esters is 1. The molecule has 0 amide bonds. The van der Waals surface area contributed by atoms with Gasteiger partial charge in [-0.2, -0.15) is 0 Å². The Bertz CT molecular complexity index is 780. The SMILES string of the molecule is C/C1=C/C[C@@H](/C(C)=C/c2csc(C)n2)OC(=O)CC[C@H](C)C(=O)C[C@@H](O)CCCC1. The summed E-state index contributed by atoms with van der Waals surface area (Å²) >= 11 is 1.60. The van der Waals surface area contributed by atoms with Gasteiger partial charge >= 0.3 is 5.97 Å². The molecule has 0 saturated carbocycles. The van der Waals surface area contributed by atoms with Crippen molar-refractivity contribution in [3.05, 3.63) is 33.3 Å². The maximum absolute atomic E-state index is 12.5. The van der Waals surface area contributed by atoms with Gasteiger partial charge in [0.1, 0.15) is 11.9 Å². The molecule has 0 aromatic carbocycles. The minimum atomic E-state index is -0.587. The number of hydrogen-bond donors (Lipinski definition) is 1. The van der Waals surface area contributed by atoms with Gasteiger partial charge in [0.15, 0.2) is 0 Å². The lowest BCUT2D eigenvalue weighted by Crippen LogP contribution is -2.22. The number of ether oxygens (including phenoxy) is 1. The van der Waals surface area contributed by atoms with E-state index < -0.39 is 6.10 Å². The Hall–Kier alpha value is -1.79. The molecule has 0 fully saturated rings. The monoisotopic (exact) mass is 433 g/mol. The first kappa shape index (κ1) is 24.5. The molecule has 0 saturated heterocycles. The van der Waals surface area contributed by atoms with Crippen molar-refractivity contribution in [2.75, 3.05) is 0 Å². The van der Waals surface area contributed by atoms with Crippen LogP contribution >= 0.6 is 11.3 Å². The third-order valence-electron chi connectivity index (χ3n) is 5.60. The summed E-state index contributed by atoms with van der Waals surface area (Å²) in [4.78, 5) is 29.3. The molecular formula is C24H35NO4S. The molecule has 0 aliphatic carbocycles. The first-order valence-corrected chi connectivity index (χ1v) is 11.8. The molecule has 1 aromatic heterocycles. The summed E-state index contributed by atoms with van der Waals surface area (Å²) in [5.74, 6) is -0.527. The van der Waals surface area contributed by atoms with Crippen LogP contribution in [0.4, 0.5) is 0 Å². The van der Waals surface area contributed by atoms with Crippen LogP contribution < -0.4 is 0 Å². The van der Waals surface area contributed by atoms with Crippen molar-refractivity contribution in [2.45, 2.75) is 91.3 Å². The first-order chi connectivity index (χ1) is 14.2. The van der Waals surface area contributed by atoms with Gasteiger partial charge in [0, 0.05) is 30.6 Å². The quantitative estimate of drug-likeness (QED) is 0.498. The van der Waals surface area contributed by atoms with E-state index >= 15 is 0 Å². The Morgan fingerprint density at radius 3 is 2.70 bits per heavy atom. The molecule has 6 heteroatoms. The molecule has 166 valence electrons. The zero-order valence-electron chi connectivity index (χ0n) is 18.6. The van der Waals surface area contributed by atoms with Crippen LogP contribution in [0.25, 0.3) is 6.08 Å². The van der Waals surface area contributed by atoms with Crippen LogP contribution in [0.5, 0.6) is 0 Å². The molecular weight excluding hydrogens is 398 g/mol. The average Bonchev–Trinajstić information content (AvgIpc) is 3.10. The van der Waals surface area contributed by atoms with Crippen molar-refractivity contribution in [1.82, 2.24) is 4.98 Å². The summed E-state index contributed by atoms with van der Waals surface area (Å²) < 4.78 is 5.81. The highest BCUT2D eigenvalue weighted by Crippen LogP contribution is 2.22. The van der Waals surface area contributed by atoms with Crippen molar-refractivity contribution in [3.63, 3.8) is 0 Å². The number of cyclic esters (lactones) is 1. The lowest BCUT2D eigenvalue weighted by molar-refractivity contribution is -0.147. The number of allylic oxidation sites excluding steroid dienone is 1. The van der Waals surface area contributed by atoms with Gasteiger partial charge in [-0.25, -0.2) is 4.98 Å². The molecule has 5 nitrogen and oxygen atoms in total. The highest BCUT2D eigenvalue weighted by Gasteiger charge is 2.21. The van der Waals surface area contributed by atoms with Gasteiger partial charge in [-0.1, -0.05) is 25.0 Å². The Kier molecular flexibility index (Phi) is 9.92. The van der Waals surface area contributed by atoms with Gasteiger partial charge in [-0.05, 0) is 58.1 Å². The van der Waals surface area contributed by atoms with Gasteiger partial charge in [0.2, 0.25) is 0 Å². The van der Waals surface area contributed by atoms with Crippen molar-refractivity contribution in [2.24, 2.45) is 5.92 Å². The molecule has 1 aliphatic rings. The second-order valence-corrected chi connectivity index (χ2v) is 9.52. The third-order valence-corrected chi connectivity index (χ3v) is 6.39. The lowest BCUT2D eigenvalue weighted by atomic mass is 9.94. The van der Waals surface area contributed by atoms with Gasteiger partial charge in [-0.15, -0.1) is 11.3 Å². The van der Waals surface area contributed by atoms with E-state index in [9.17, 15) is 14.7 Å².